The number of carbonyl (C=O) groups is 1. The lowest BCUT2D eigenvalue weighted by Crippen LogP contribution is -2.40. The van der Waals surface area contributed by atoms with E-state index in [4.69, 9.17) is 30.1 Å². The molecule has 214 valence electrons. The second-order valence-electron chi connectivity index (χ2n) is 9.28. The molecule has 10 heteroatoms. The second kappa shape index (κ2) is 12.8. The molecule has 1 atom stereocenters. The van der Waals surface area contributed by atoms with Crippen molar-refractivity contribution in [1.82, 2.24) is 4.57 Å². The molecule has 0 spiro atoms. The summed E-state index contributed by atoms with van der Waals surface area (Å²) >= 11 is 1.23. The van der Waals surface area contributed by atoms with Crippen molar-refractivity contribution in [1.29, 1.82) is 0 Å². The van der Waals surface area contributed by atoms with Gasteiger partial charge in [-0.25, -0.2) is 9.79 Å². The van der Waals surface area contributed by atoms with E-state index in [2.05, 4.69) is 10.9 Å². The van der Waals surface area contributed by atoms with E-state index in [0.717, 1.165) is 5.56 Å². The molecule has 0 saturated heterocycles. The van der Waals surface area contributed by atoms with Gasteiger partial charge < -0.3 is 23.7 Å². The normalized spacial score (nSPS) is 14.7. The van der Waals surface area contributed by atoms with Crippen LogP contribution in [-0.4, -0.2) is 44.1 Å². The van der Waals surface area contributed by atoms with Crippen molar-refractivity contribution < 1.29 is 28.5 Å². The molecule has 4 rings (SSSR count). The van der Waals surface area contributed by atoms with Gasteiger partial charge in [0, 0.05) is 0 Å². The van der Waals surface area contributed by atoms with Gasteiger partial charge in [-0.05, 0) is 69.2 Å². The average Bonchev–Trinajstić information content (AvgIpc) is 3.25. The van der Waals surface area contributed by atoms with Gasteiger partial charge >= 0.3 is 5.97 Å². The maximum atomic E-state index is 13.9. The maximum Gasteiger partial charge on any atom is 0.338 e. The number of thiazole rings is 1. The average molecular weight is 577 g/mol. The Labute approximate surface area is 242 Å². The van der Waals surface area contributed by atoms with Crippen LogP contribution in [0, 0.1) is 12.3 Å². The van der Waals surface area contributed by atoms with Crippen LogP contribution in [-0.2, 0) is 9.53 Å². The lowest BCUT2D eigenvalue weighted by Gasteiger charge is -2.25. The Hall–Kier alpha value is -4.49. The van der Waals surface area contributed by atoms with Gasteiger partial charge in [-0.15, -0.1) is 6.42 Å². The molecule has 9 nitrogen and oxygen atoms in total. The molecule has 2 heterocycles. The molecule has 2 aromatic carbocycles. The molecule has 0 amide bonds. The van der Waals surface area contributed by atoms with E-state index in [1.165, 1.54) is 23.0 Å². The molecule has 0 fully saturated rings. The first-order valence-electron chi connectivity index (χ1n) is 13.0. The van der Waals surface area contributed by atoms with Crippen LogP contribution in [0.3, 0.4) is 0 Å². The summed E-state index contributed by atoms with van der Waals surface area (Å²) in [6, 6.07) is 9.88. The number of aromatic nitrogens is 1. The van der Waals surface area contributed by atoms with Crippen LogP contribution >= 0.6 is 11.3 Å². The third kappa shape index (κ3) is 6.15. The van der Waals surface area contributed by atoms with Gasteiger partial charge in [0.05, 0.1) is 48.8 Å². The molecule has 41 heavy (non-hydrogen) atoms. The number of rotatable bonds is 10. The zero-order valence-electron chi connectivity index (χ0n) is 23.8. The molecule has 0 aliphatic carbocycles. The highest BCUT2D eigenvalue weighted by Crippen LogP contribution is 2.36. The highest BCUT2D eigenvalue weighted by molar-refractivity contribution is 7.07. The summed E-state index contributed by atoms with van der Waals surface area (Å²) in [5, 5.41) is 0. The van der Waals surface area contributed by atoms with Gasteiger partial charge in [0.1, 0.15) is 6.61 Å². The van der Waals surface area contributed by atoms with Gasteiger partial charge in [0.15, 0.2) is 27.8 Å². The molecule has 1 aliphatic rings. The summed E-state index contributed by atoms with van der Waals surface area (Å²) < 4.78 is 29.8. The minimum Gasteiger partial charge on any atom is -0.493 e. The van der Waals surface area contributed by atoms with Crippen LogP contribution in [0.4, 0.5) is 0 Å². The highest BCUT2D eigenvalue weighted by Gasteiger charge is 2.34. The van der Waals surface area contributed by atoms with Crippen molar-refractivity contribution in [3.63, 3.8) is 0 Å². The van der Waals surface area contributed by atoms with E-state index in [0.29, 0.717) is 43.6 Å². The van der Waals surface area contributed by atoms with Gasteiger partial charge in [-0.1, -0.05) is 29.4 Å². The number of esters is 1. The Morgan fingerprint density at radius 2 is 1.83 bits per heavy atom. The smallest absolute Gasteiger partial charge is 0.338 e. The van der Waals surface area contributed by atoms with Crippen LogP contribution in [0.5, 0.6) is 23.0 Å². The lowest BCUT2D eigenvalue weighted by atomic mass is 9.95. The Bertz CT molecular complexity index is 1710. The topological polar surface area (TPSA) is 97.6 Å². The van der Waals surface area contributed by atoms with Crippen LogP contribution in [0.15, 0.2) is 57.5 Å². The quantitative estimate of drug-likeness (QED) is 0.269. The van der Waals surface area contributed by atoms with Gasteiger partial charge in [-0.2, -0.15) is 0 Å². The summed E-state index contributed by atoms with van der Waals surface area (Å²) in [4.78, 5) is 32.2. The van der Waals surface area contributed by atoms with E-state index in [-0.39, 0.29) is 30.5 Å². The zero-order valence-corrected chi connectivity index (χ0v) is 24.7. The molecule has 0 radical (unpaired) electrons. The van der Waals surface area contributed by atoms with E-state index in [1.54, 1.807) is 57.4 Å². The standard InChI is InChI=1S/C31H32N2O7S/c1-8-14-39-22-12-10-20(15-24(22)36-6)16-26-29(34)33-28(21-11-13-23(40-18(3)4)25(17-21)37-7)27(30(35)38-9-2)19(5)32-31(33)41-26/h1,10-13,15-18,28H,9,14H2,2-7H3. The SMILES string of the molecule is C#CCOc1ccc(C=c2sc3n(c2=O)C(c2ccc(OC(C)C)c(OC)c2)C(C(=O)OCC)=C(C)N=3)cc1OC. The van der Waals surface area contributed by atoms with Crippen molar-refractivity contribution >= 4 is 23.4 Å². The van der Waals surface area contributed by atoms with Crippen molar-refractivity contribution in [3.8, 4) is 35.3 Å². The summed E-state index contributed by atoms with van der Waals surface area (Å²) in [5.74, 6) is 3.90. The minimum absolute atomic E-state index is 0.0683. The predicted octanol–water partition coefficient (Wildman–Crippen LogP) is 3.61. The monoisotopic (exact) mass is 576 g/mol. The number of nitrogens with zero attached hydrogens (tertiary/aromatic N) is 2. The number of fused-ring (bicyclic) bond motifs is 1. The molecule has 0 bridgehead atoms. The fourth-order valence-electron chi connectivity index (χ4n) is 4.48. The molecular weight excluding hydrogens is 544 g/mol. The minimum atomic E-state index is -0.788. The fourth-order valence-corrected chi connectivity index (χ4v) is 5.52. The van der Waals surface area contributed by atoms with Crippen molar-refractivity contribution in [2.75, 3.05) is 27.4 Å². The summed E-state index contributed by atoms with van der Waals surface area (Å²) in [6.07, 6.45) is 6.98. The first kappa shape index (κ1) is 29.5. The molecule has 1 unspecified atom stereocenters. The Kier molecular flexibility index (Phi) is 9.20. The number of benzene rings is 2. The number of allylic oxidation sites excluding steroid dienone is 1. The molecule has 3 aromatic rings. The Morgan fingerprint density at radius 3 is 2.49 bits per heavy atom. The first-order chi connectivity index (χ1) is 19.7. The fraction of sp³-hybridized carbons (Fsp3) is 0.323. The summed E-state index contributed by atoms with van der Waals surface area (Å²) in [5.41, 5.74) is 1.82. The van der Waals surface area contributed by atoms with Crippen molar-refractivity contribution in [2.45, 2.75) is 39.8 Å². The van der Waals surface area contributed by atoms with Crippen LogP contribution in [0.25, 0.3) is 6.08 Å². The number of carbonyl (C=O) groups excluding carboxylic acids is 1. The van der Waals surface area contributed by atoms with E-state index in [9.17, 15) is 9.59 Å². The van der Waals surface area contributed by atoms with E-state index < -0.39 is 12.0 Å². The maximum absolute atomic E-state index is 13.9. The summed E-state index contributed by atoms with van der Waals surface area (Å²) in [6.45, 7) is 7.60. The number of methoxy groups -OCH3 is 2. The van der Waals surface area contributed by atoms with Gasteiger partial charge in [0.2, 0.25) is 0 Å². The molecule has 1 aliphatic heterocycles. The largest absolute Gasteiger partial charge is 0.493 e. The zero-order chi connectivity index (χ0) is 29.7. The Morgan fingerprint density at radius 1 is 1.12 bits per heavy atom. The molecule has 0 saturated carbocycles. The van der Waals surface area contributed by atoms with Crippen LogP contribution in [0.2, 0.25) is 0 Å². The van der Waals surface area contributed by atoms with E-state index in [1.807, 2.05) is 19.9 Å². The number of ether oxygens (including phenoxy) is 5. The molecule has 0 N–H and O–H groups in total. The second-order valence-corrected chi connectivity index (χ2v) is 10.3. The predicted molar refractivity (Wildman–Crippen MR) is 156 cm³/mol. The third-order valence-corrected chi connectivity index (χ3v) is 7.16. The first-order valence-corrected chi connectivity index (χ1v) is 13.8. The number of hydrogen-bond donors (Lipinski definition) is 0. The van der Waals surface area contributed by atoms with Gasteiger partial charge in [0.25, 0.3) is 5.56 Å². The lowest BCUT2D eigenvalue weighted by molar-refractivity contribution is -0.139. The van der Waals surface area contributed by atoms with Crippen molar-refractivity contribution in [3.05, 3.63) is 78.5 Å². The molecule has 1 aromatic heterocycles. The van der Waals surface area contributed by atoms with Crippen LogP contribution in [0.1, 0.15) is 44.9 Å². The van der Waals surface area contributed by atoms with Gasteiger partial charge in [-0.3, -0.25) is 9.36 Å². The Balaban J connectivity index is 1.89. The number of hydrogen-bond acceptors (Lipinski definition) is 9. The number of terminal acetylenes is 1. The highest BCUT2D eigenvalue weighted by atomic mass is 32.1. The van der Waals surface area contributed by atoms with Crippen LogP contribution < -0.4 is 33.8 Å². The molecular formula is C31H32N2O7S. The summed E-state index contributed by atoms with van der Waals surface area (Å²) in [7, 11) is 3.07. The van der Waals surface area contributed by atoms with E-state index >= 15 is 0 Å². The van der Waals surface area contributed by atoms with Crippen molar-refractivity contribution in [2.24, 2.45) is 4.99 Å². The third-order valence-electron chi connectivity index (χ3n) is 6.18.